The maximum Gasteiger partial charge on any atom is 0.271 e. The maximum atomic E-state index is 13.2. The molecule has 2 aromatic carbocycles. The molecule has 0 bridgehead atoms. The van der Waals surface area contributed by atoms with E-state index in [1.807, 2.05) is 12.1 Å². The second-order valence-corrected chi connectivity index (χ2v) is 9.79. The Morgan fingerprint density at radius 2 is 1.73 bits per heavy atom. The topological polar surface area (TPSA) is 128 Å². The number of carbonyl (C=O) groups is 3. The summed E-state index contributed by atoms with van der Waals surface area (Å²) in [7, 11) is -3.97. The molecule has 2 heterocycles. The number of aromatic amines is 1. The number of hydrogen-bond acceptors (Lipinski definition) is 5. The summed E-state index contributed by atoms with van der Waals surface area (Å²) < 4.78 is 27.6. The molecule has 0 spiro atoms. The van der Waals surface area contributed by atoms with Crippen molar-refractivity contribution in [3.8, 4) is 0 Å². The number of hydrogen-bond donors (Lipinski definition) is 3. The molecular weight excluding hydrogens is 444 g/mol. The third-order valence-electron chi connectivity index (χ3n) is 5.76. The quantitative estimate of drug-likeness (QED) is 0.391. The van der Waals surface area contributed by atoms with Crippen molar-refractivity contribution >= 4 is 38.5 Å². The first-order valence-corrected chi connectivity index (χ1v) is 12.0. The lowest BCUT2D eigenvalue weighted by molar-refractivity contribution is -0.126. The predicted molar refractivity (Wildman–Crippen MR) is 122 cm³/mol. The van der Waals surface area contributed by atoms with Crippen LogP contribution in [-0.2, 0) is 14.8 Å². The lowest BCUT2D eigenvalue weighted by Crippen LogP contribution is -2.55. The molecule has 1 saturated heterocycles. The molecule has 9 nitrogen and oxygen atoms in total. The Hall–Kier alpha value is -3.50. The zero-order valence-corrected chi connectivity index (χ0v) is 18.8. The van der Waals surface area contributed by atoms with E-state index < -0.39 is 27.9 Å². The highest BCUT2D eigenvalue weighted by atomic mass is 32.2. The number of para-hydroxylation sites is 1. The van der Waals surface area contributed by atoms with Crippen molar-refractivity contribution < 1.29 is 22.8 Å². The lowest BCUT2D eigenvalue weighted by Gasteiger charge is -2.33. The van der Waals surface area contributed by atoms with Crippen molar-refractivity contribution in [1.29, 1.82) is 0 Å². The molecule has 1 aliphatic rings. The average Bonchev–Trinajstić information content (AvgIpc) is 3.26. The Bertz CT molecular complexity index is 1310. The standard InChI is InChI=1S/C23H24N4O5S/c1-15(28)16-9-11-17(12-10-16)33(31,32)27-13-5-4-8-21(27)23(30)26-25-22(29)19-14-24-20-7-3-2-6-18(19)20/h2-3,6-7,9-12,14,21,24H,4-5,8,13H2,1H3,(H,25,29)(H,26,30). The molecule has 0 saturated carbocycles. The van der Waals surface area contributed by atoms with Gasteiger partial charge in [-0.3, -0.25) is 25.2 Å². The Labute approximate surface area is 191 Å². The molecule has 3 aromatic rings. The van der Waals surface area contributed by atoms with E-state index in [-0.39, 0.29) is 17.2 Å². The van der Waals surface area contributed by atoms with Gasteiger partial charge >= 0.3 is 0 Å². The van der Waals surface area contributed by atoms with Gasteiger partial charge in [0, 0.05) is 29.2 Å². The van der Waals surface area contributed by atoms with Gasteiger partial charge in [-0.2, -0.15) is 4.31 Å². The minimum Gasteiger partial charge on any atom is -0.360 e. The normalized spacial score (nSPS) is 16.9. The lowest BCUT2D eigenvalue weighted by atomic mass is 10.0. The Kier molecular flexibility index (Phi) is 6.30. The second kappa shape index (κ2) is 9.16. The number of piperidine rings is 1. The monoisotopic (exact) mass is 468 g/mol. The Morgan fingerprint density at radius 1 is 1.00 bits per heavy atom. The third kappa shape index (κ3) is 4.53. The van der Waals surface area contributed by atoms with E-state index in [9.17, 15) is 22.8 Å². The molecule has 0 aliphatic carbocycles. The molecule has 1 unspecified atom stereocenters. The van der Waals surface area contributed by atoms with Gasteiger partial charge in [-0.15, -0.1) is 0 Å². The van der Waals surface area contributed by atoms with Crippen LogP contribution in [0.5, 0.6) is 0 Å². The number of Topliss-reactive ketones (excluding diaryl/α,β-unsaturated/α-hetero) is 1. The summed E-state index contributed by atoms with van der Waals surface area (Å²) in [5.74, 6) is -1.28. The maximum absolute atomic E-state index is 13.2. The van der Waals surface area contributed by atoms with Crippen LogP contribution in [0.1, 0.15) is 46.9 Å². The average molecular weight is 469 g/mol. The van der Waals surface area contributed by atoms with Crippen molar-refractivity contribution in [2.24, 2.45) is 0 Å². The molecule has 2 amide bonds. The fourth-order valence-corrected chi connectivity index (χ4v) is 5.64. The van der Waals surface area contributed by atoms with E-state index in [1.54, 1.807) is 18.3 Å². The largest absolute Gasteiger partial charge is 0.360 e. The van der Waals surface area contributed by atoms with Gasteiger partial charge in [0.1, 0.15) is 6.04 Å². The van der Waals surface area contributed by atoms with E-state index in [0.29, 0.717) is 35.8 Å². The van der Waals surface area contributed by atoms with Crippen molar-refractivity contribution in [2.75, 3.05) is 6.54 Å². The van der Waals surface area contributed by atoms with Gasteiger partial charge in [-0.1, -0.05) is 36.8 Å². The Balaban J connectivity index is 1.48. The van der Waals surface area contributed by atoms with Gasteiger partial charge in [0.25, 0.3) is 11.8 Å². The summed E-state index contributed by atoms with van der Waals surface area (Å²) in [6.07, 6.45) is 3.19. The Morgan fingerprint density at radius 3 is 2.45 bits per heavy atom. The van der Waals surface area contributed by atoms with Crippen LogP contribution in [0, 0.1) is 0 Å². The molecule has 1 fully saturated rings. The third-order valence-corrected chi connectivity index (χ3v) is 7.68. The first-order chi connectivity index (χ1) is 15.8. The van der Waals surface area contributed by atoms with Crippen molar-refractivity contribution in [3.63, 3.8) is 0 Å². The molecular formula is C23H24N4O5S. The SMILES string of the molecule is CC(=O)c1ccc(S(=O)(=O)N2CCCCC2C(=O)NNC(=O)c2c[nH]c3ccccc23)cc1. The molecule has 1 atom stereocenters. The fourth-order valence-electron chi connectivity index (χ4n) is 3.98. The van der Waals surface area contributed by atoms with Crippen LogP contribution in [0.4, 0.5) is 0 Å². The predicted octanol–water partition coefficient (Wildman–Crippen LogP) is 2.37. The first-order valence-electron chi connectivity index (χ1n) is 10.6. The van der Waals surface area contributed by atoms with Crippen LogP contribution in [0.3, 0.4) is 0 Å². The van der Waals surface area contributed by atoms with E-state index in [1.165, 1.54) is 31.2 Å². The van der Waals surface area contributed by atoms with Gasteiger partial charge in [0.2, 0.25) is 10.0 Å². The number of H-pyrrole nitrogens is 1. The highest BCUT2D eigenvalue weighted by molar-refractivity contribution is 7.89. The zero-order valence-electron chi connectivity index (χ0n) is 18.0. The van der Waals surface area contributed by atoms with Gasteiger partial charge in [-0.25, -0.2) is 8.42 Å². The molecule has 10 heteroatoms. The molecule has 33 heavy (non-hydrogen) atoms. The smallest absolute Gasteiger partial charge is 0.271 e. The van der Waals surface area contributed by atoms with Crippen LogP contribution < -0.4 is 10.9 Å². The minimum atomic E-state index is -3.97. The second-order valence-electron chi connectivity index (χ2n) is 7.90. The zero-order chi connectivity index (χ0) is 23.6. The highest BCUT2D eigenvalue weighted by Crippen LogP contribution is 2.26. The number of amides is 2. The summed E-state index contributed by atoms with van der Waals surface area (Å²) in [6, 6.07) is 12.0. The number of carbonyl (C=O) groups excluding carboxylic acids is 3. The van der Waals surface area contributed by atoms with E-state index >= 15 is 0 Å². The summed E-state index contributed by atoms with van der Waals surface area (Å²) >= 11 is 0. The number of hydrazine groups is 1. The van der Waals surface area contributed by atoms with Crippen molar-refractivity contribution in [3.05, 3.63) is 65.9 Å². The van der Waals surface area contributed by atoms with Gasteiger partial charge in [-0.05, 0) is 38.0 Å². The molecule has 0 radical (unpaired) electrons. The summed E-state index contributed by atoms with van der Waals surface area (Å²) in [4.78, 5) is 40.0. The number of nitrogens with one attached hydrogen (secondary N) is 3. The summed E-state index contributed by atoms with van der Waals surface area (Å²) in [6.45, 7) is 1.59. The first kappa shape index (κ1) is 22.7. The van der Waals surface area contributed by atoms with Crippen LogP contribution >= 0.6 is 0 Å². The van der Waals surface area contributed by atoms with Crippen molar-refractivity contribution in [1.82, 2.24) is 20.1 Å². The van der Waals surface area contributed by atoms with Gasteiger partial charge in [0.15, 0.2) is 5.78 Å². The molecule has 1 aliphatic heterocycles. The fraction of sp³-hybridized carbons (Fsp3) is 0.261. The molecule has 1 aromatic heterocycles. The van der Waals surface area contributed by atoms with E-state index in [0.717, 1.165) is 9.82 Å². The molecule has 4 rings (SSSR count). The van der Waals surface area contributed by atoms with Crippen LogP contribution in [0.25, 0.3) is 10.9 Å². The summed E-state index contributed by atoms with van der Waals surface area (Å²) in [5, 5.41) is 0.708. The number of ketones is 1. The van der Waals surface area contributed by atoms with Crippen LogP contribution in [-0.4, -0.2) is 47.9 Å². The van der Waals surface area contributed by atoms with Gasteiger partial charge in [0.05, 0.1) is 10.5 Å². The van der Waals surface area contributed by atoms with Crippen molar-refractivity contribution in [2.45, 2.75) is 37.1 Å². The van der Waals surface area contributed by atoms with E-state index in [2.05, 4.69) is 15.8 Å². The number of nitrogens with zero attached hydrogens (tertiary/aromatic N) is 1. The summed E-state index contributed by atoms with van der Waals surface area (Å²) in [5.41, 5.74) is 6.32. The molecule has 3 N–H and O–H groups in total. The number of aromatic nitrogens is 1. The molecule has 172 valence electrons. The minimum absolute atomic E-state index is 0.00929. The number of benzene rings is 2. The van der Waals surface area contributed by atoms with Crippen LogP contribution in [0.15, 0.2) is 59.6 Å². The van der Waals surface area contributed by atoms with Gasteiger partial charge < -0.3 is 4.98 Å². The van der Waals surface area contributed by atoms with Crippen LogP contribution in [0.2, 0.25) is 0 Å². The number of rotatable bonds is 5. The highest BCUT2D eigenvalue weighted by Gasteiger charge is 2.37. The number of fused-ring (bicyclic) bond motifs is 1. The number of sulfonamides is 1. The van der Waals surface area contributed by atoms with E-state index in [4.69, 9.17) is 0 Å².